The van der Waals surface area contributed by atoms with Gasteiger partial charge in [0.05, 0.1) is 0 Å². The van der Waals surface area contributed by atoms with E-state index in [2.05, 4.69) is 26.8 Å². The van der Waals surface area contributed by atoms with Gasteiger partial charge in [-0.3, -0.25) is 4.79 Å². The average molecular weight is 184 g/mol. The zero-order valence-corrected chi connectivity index (χ0v) is 9.05. The Morgan fingerprint density at radius 1 is 1.54 bits per heavy atom. The summed E-state index contributed by atoms with van der Waals surface area (Å²) in [5, 5.41) is 7.42. The quantitative estimate of drug-likeness (QED) is 0.587. The monoisotopic (exact) mass is 184 g/mol. The Kier molecular flexibility index (Phi) is 4.74. The third kappa shape index (κ3) is 7.57. The minimum atomic E-state index is -0.833. The van der Waals surface area contributed by atoms with E-state index in [9.17, 15) is 0 Å². The molecule has 0 aliphatic heterocycles. The summed E-state index contributed by atoms with van der Waals surface area (Å²) in [4.78, 5) is 9.00. The number of carboxylic acid groups (broad SMARTS) is 1. The number of carboxylic acids is 1. The van der Waals surface area contributed by atoms with Gasteiger partial charge < -0.3 is 5.11 Å². The first-order valence-electron chi connectivity index (χ1n) is 4.69. The number of hydrogen-bond acceptors (Lipinski definition) is 1. The molecule has 0 heterocycles. The Bertz CT molecular complexity index is 198. The van der Waals surface area contributed by atoms with Crippen LogP contribution in [0.3, 0.4) is 0 Å². The fourth-order valence-corrected chi connectivity index (χ4v) is 1.19. The van der Waals surface area contributed by atoms with E-state index in [1.54, 1.807) is 5.57 Å². The number of carbonyl (C=O) groups is 1. The van der Waals surface area contributed by atoms with Crippen molar-refractivity contribution in [3.63, 3.8) is 0 Å². The third-order valence-corrected chi connectivity index (χ3v) is 2.20. The molecule has 0 aromatic carbocycles. The van der Waals surface area contributed by atoms with Crippen molar-refractivity contribution < 1.29 is 9.90 Å². The van der Waals surface area contributed by atoms with Crippen molar-refractivity contribution in [1.29, 1.82) is 0 Å². The molecule has 76 valence electrons. The molecule has 0 bridgehead atoms. The van der Waals surface area contributed by atoms with Crippen LogP contribution in [-0.2, 0) is 4.79 Å². The summed E-state index contributed by atoms with van der Waals surface area (Å²) in [5.74, 6) is -0.833. The van der Waals surface area contributed by atoms with Crippen LogP contribution < -0.4 is 0 Å². The first-order valence-corrected chi connectivity index (χ1v) is 4.69. The van der Waals surface area contributed by atoms with E-state index in [0.717, 1.165) is 6.92 Å². The van der Waals surface area contributed by atoms with Crippen molar-refractivity contribution in [3.05, 3.63) is 11.6 Å². The second-order valence-electron chi connectivity index (χ2n) is 4.44. The maximum atomic E-state index is 9.00. The maximum Gasteiger partial charge on any atom is 0.300 e. The molecule has 0 atom stereocenters. The van der Waals surface area contributed by atoms with Crippen LogP contribution in [0.2, 0.25) is 0 Å². The molecule has 0 saturated carbocycles. The molecule has 0 unspecified atom stereocenters. The van der Waals surface area contributed by atoms with Gasteiger partial charge in [0.1, 0.15) is 0 Å². The molecule has 0 spiro atoms. The van der Waals surface area contributed by atoms with E-state index in [-0.39, 0.29) is 0 Å². The molecule has 0 fully saturated rings. The highest BCUT2D eigenvalue weighted by atomic mass is 16.4. The van der Waals surface area contributed by atoms with Crippen molar-refractivity contribution in [1.82, 2.24) is 0 Å². The van der Waals surface area contributed by atoms with Crippen molar-refractivity contribution in [2.24, 2.45) is 5.41 Å². The molecule has 2 heteroatoms. The fraction of sp³-hybridized carbons (Fsp3) is 0.727. The van der Waals surface area contributed by atoms with Gasteiger partial charge in [0.2, 0.25) is 0 Å². The lowest BCUT2D eigenvalue weighted by Crippen LogP contribution is -2.13. The van der Waals surface area contributed by atoms with Crippen molar-refractivity contribution in [2.75, 3.05) is 0 Å². The second-order valence-corrected chi connectivity index (χ2v) is 4.44. The third-order valence-electron chi connectivity index (χ3n) is 2.20. The number of rotatable bonds is 0. The van der Waals surface area contributed by atoms with Crippen molar-refractivity contribution >= 4 is 5.97 Å². The molecule has 0 saturated heterocycles. The highest BCUT2D eigenvalue weighted by molar-refractivity contribution is 5.62. The zero-order valence-electron chi connectivity index (χ0n) is 9.05. The lowest BCUT2D eigenvalue weighted by atomic mass is 9.79. The van der Waals surface area contributed by atoms with Crippen LogP contribution in [0.15, 0.2) is 11.6 Å². The molecule has 0 aromatic heterocycles. The average Bonchev–Trinajstić information content (AvgIpc) is 1.95. The second kappa shape index (κ2) is 5.05. The van der Waals surface area contributed by atoms with Crippen LogP contribution in [0.1, 0.15) is 47.0 Å². The van der Waals surface area contributed by atoms with Crippen LogP contribution in [0.5, 0.6) is 0 Å². The van der Waals surface area contributed by atoms with Crippen molar-refractivity contribution in [3.8, 4) is 0 Å². The predicted octanol–water partition coefficient (Wildman–Crippen LogP) is 3.23. The molecule has 0 radical (unpaired) electrons. The van der Waals surface area contributed by atoms with E-state index in [0.29, 0.717) is 5.41 Å². The van der Waals surface area contributed by atoms with Crippen molar-refractivity contribution in [2.45, 2.75) is 47.0 Å². The van der Waals surface area contributed by atoms with Crippen LogP contribution in [0.4, 0.5) is 0 Å². The Morgan fingerprint density at radius 2 is 2.00 bits per heavy atom. The minimum Gasteiger partial charge on any atom is -0.481 e. The maximum absolute atomic E-state index is 9.00. The van der Waals surface area contributed by atoms with Gasteiger partial charge in [-0.25, -0.2) is 0 Å². The SMILES string of the molecule is CC(=O)O.CC1=CCC(C)(C)CC1. The lowest BCUT2D eigenvalue weighted by Gasteiger charge is -2.27. The number of allylic oxidation sites excluding steroid dienone is 2. The topological polar surface area (TPSA) is 37.3 Å². The highest BCUT2D eigenvalue weighted by Crippen LogP contribution is 2.33. The van der Waals surface area contributed by atoms with Crippen LogP contribution >= 0.6 is 0 Å². The lowest BCUT2D eigenvalue weighted by molar-refractivity contribution is -0.134. The van der Waals surface area contributed by atoms with Crippen LogP contribution in [0, 0.1) is 5.41 Å². The highest BCUT2D eigenvalue weighted by Gasteiger charge is 2.19. The summed E-state index contributed by atoms with van der Waals surface area (Å²) in [6.07, 6.45) is 6.34. The number of hydrogen-bond donors (Lipinski definition) is 1. The smallest absolute Gasteiger partial charge is 0.300 e. The normalized spacial score (nSPS) is 19.5. The molecule has 1 aliphatic rings. The summed E-state index contributed by atoms with van der Waals surface area (Å²) >= 11 is 0. The Hall–Kier alpha value is -0.790. The zero-order chi connectivity index (χ0) is 10.5. The number of aliphatic carboxylic acids is 1. The Balaban J connectivity index is 0.000000310. The molecular weight excluding hydrogens is 164 g/mol. The molecule has 1 N–H and O–H groups in total. The largest absolute Gasteiger partial charge is 0.481 e. The Labute approximate surface area is 80.7 Å². The molecule has 1 rings (SSSR count). The standard InChI is InChI=1S/C9H16.C2H4O2/c1-8-4-6-9(2,3)7-5-8;1-2(3)4/h4H,5-7H2,1-3H3;1H3,(H,3,4). The summed E-state index contributed by atoms with van der Waals surface area (Å²) in [6.45, 7) is 8.00. The van der Waals surface area contributed by atoms with E-state index in [4.69, 9.17) is 9.90 Å². The molecule has 13 heavy (non-hydrogen) atoms. The van der Waals surface area contributed by atoms with Gasteiger partial charge in [0.15, 0.2) is 0 Å². The van der Waals surface area contributed by atoms with Gasteiger partial charge in [-0.15, -0.1) is 0 Å². The molecular formula is C11H20O2. The molecule has 2 nitrogen and oxygen atoms in total. The van der Waals surface area contributed by atoms with Crippen LogP contribution in [-0.4, -0.2) is 11.1 Å². The molecule has 0 aromatic rings. The van der Waals surface area contributed by atoms with E-state index in [1.807, 2.05) is 0 Å². The molecule has 0 amide bonds. The van der Waals surface area contributed by atoms with Gasteiger partial charge in [-0.05, 0) is 31.6 Å². The molecule has 1 aliphatic carbocycles. The summed E-state index contributed by atoms with van der Waals surface area (Å²) in [5.41, 5.74) is 2.16. The van der Waals surface area contributed by atoms with Gasteiger partial charge in [0, 0.05) is 6.92 Å². The first kappa shape index (κ1) is 12.2. The van der Waals surface area contributed by atoms with Gasteiger partial charge in [0.25, 0.3) is 5.97 Å². The fourth-order valence-electron chi connectivity index (χ4n) is 1.19. The van der Waals surface area contributed by atoms with E-state index >= 15 is 0 Å². The van der Waals surface area contributed by atoms with E-state index < -0.39 is 5.97 Å². The summed E-state index contributed by atoms with van der Waals surface area (Å²) in [6, 6.07) is 0. The predicted molar refractivity (Wildman–Crippen MR) is 54.7 cm³/mol. The van der Waals surface area contributed by atoms with Gasteiger partial charge in [-0.2, -0.15) is 0 Å². The summed E-state index contributed by atoms with van der Waals surface area (Å²) in [7, 11) is 0. The van der Waals surface area contributed by atoms with E-state index in [1.165, 1.54) is 19.3 Å². The Morgan fingerprint density at radius 3 is 2.23 bits per heavy atom. The van der Waals surface area contributed by atoms with Crippen LogP contribution in [0.25, 0.3) is 0 Å². The summed E-state index contributed by atoms with van der Waals surface area (Å²) < 4.78 is 0. The van der Waals surface area contributed by atoms with Gasteiger partial charge in [-0.1, -0.05) is 25.5 Å². The first-order chi connectivity index (χ1) is 5.83. The minimum absolute atomic E-state index is 0.583. The van der Waals surface area contributed by atoms with Gasteiger partial charge >= 0.3 is 0 Å².